The standard InChI is InChI=1S/C5H10O.C3H8O/c1-4(2)5(3)6;1-3(2)4/h4H,1-3H3;3-4H,1-2H3. The lowest BCUT2D eigenvalue weighted by atomic mass is 10.1. The van der Waals surface area contributed by atoms with Crippen LogP contribution in [0.3, 0.4) is 0 Å². The van der Waals surface area contributed by atoms with Gasteiger partial charge >= 0.3 is 0 Å². The highest BCUT2D eigenvalue weighted by Crippen LogP contribution is 1.89. The highest BCUT2D eigenvalue weighted by molar-refractivity contribution is 5.77. The molecule has 0 rings (SSSR count). The van der Waals surface area contributed by atoms with Crippen LogP contribution in [0.2, 0.25) is 0 Å². The van der Waals surface area contributed by atoms with E-state index in [1.54, 1.807) is 20.8 Å². The SMILES string of the molecule is CC(=O)C(C)C.CC(C)O. The quantitative estimate of drug-likeness (QED) is 0.610. The van der Waals surface area contributed by atoms with Crippen LogP contribution >= 0.6 is 0 Å². The molecule has 0 fully saturated rings. The predicted molar refractivity (Wildman–Crippen MR) is 42.9 cm³/mol. The smallest absolute Gasteiger partial charge is 0.132 e. The van der Waals surface area contributed by atoms with E-state index >= 15 is 0 Å². The Labute approximate surface area is 63.3 Å². The number of carbonyl (C=O) groups is 1. The summed E-state index contributed by atoms with van der Waals surface area (Å²) in [6.45, 7) is 8.83. The maximum atomic E-state index is 10.1. The van der Waals surface area contributed by atoms with Gasteiger partial charge in [0.05, 0.1) is 0 Å². The zero-order valence-electron chi connectivity index (χ0n) is 7.51. The summed E-state index contributed by atoms with van der Waals surface area (Å²) in [5.41, 5.74) is 0. The molecular formula is C8H18O2. The number of aliphatic hydroxyl groups is 1. The molecule has 0 amide bonds. The Morgan fingerprint density at radius 1 is 1.20 bits per heavy atom. The van der Waals surface area contributed by atoms with E-state index in [-0.39, 0.29) is 17.8 Å². The fourth-order valence-corrected chi connectivity index (χ4v) is 0. The van der Waals surface area contributed by atoms with E-state index in [0.29, 0.717) is 0 Å². The van der Waals surface area contributed by atoms with E-state index in [1.165, 1.54) is 0 Å². The lowest BCUT2D eigenvalue weighted by Gasteiger charge is -1.90. The average Bonchev–Trinajstić information content (AvgIpc) is 1.63. The molecule has 0 bridgehead atoms. The van der Waals surface area contributed by atoms with Gasteiger partial charge in [-0.2, -0.15) is 0 Å². The topological polar surface area (TPSA) is 37.3 Å². The van der Waals surface area contributed by atoms with Gasteiger partial charge in [0.2, 0.25) is 0 Å². The van der Waals surface area contributed by atoms with E-state index in [2.05, 4.69) is 0 Å². The van der Waals surface area contributed by atoms with Crippen molar-refractivity contribution in [2.75, 3.05) is 0 Å². The minimum absolute atomic E-state index is 0.167. The van der Waals surface area contributed by atoms with Gasteiger partial charge in [0, 0.05) is 12.0 Å². The van der Waals surface area contributed by atoms with Crippen LogP contribution in [-0.4, -0.2) is 17.0 Å². The van der Waals surface area contributed by atoms with Crippen LogP contribution in [0.25, 0.3) is 0 Å². The number of hydrogen-bond acceptors (Lipinski definition) is 2. The first-order valence-corrected chi connectivity index (χ1v) is 3.56. The molecule has 0 aliphatic rings. The third-order valence-electron chi connectivity index (χ3n) is 0.813. The molecular weight excluding hydrogens is 128 g/mol. The fraction of sp³-hybridized carbons (Fsp3) is 0.875. The second-order valence-corrected chi connectivity index (χ2v) is 2.86. The number of aliphatic hydroxyl groups excluding tert-OH is 1. The molecule has 0 aromatic heterocycles. The van der Waals surface area contributed by atoms with Crippen molar-refractivity contribution in [2.24, 2.45) is 5.92 Å². The maximum absolute atomic E-state index is 10.1. The van der Waals surface area contributed by atoms with Gasteiger partial charge in [-0.15, -0.1) is 0 Å². The van der Waals surface area contributed by atoms with E-state index in [4.69, 9.17) is 5.11 Å². The zero-order valence-corrected chi connectivity index (χ0v) is 7.51. The molecule has 0 unspecified atom stereocenters. The second kappa shape index (κ2) is 6.75. The molecule has 62 valence electrons. The number of rotatable bonds is 1. The normalized spacial score (nSPS) is 9.20. The first-order chi connectivity index (χ1) is 4.37. The van der Waals surface area contributed by atoms with E-state index < -0.39 is 0 Å². The summed E-state index contributed by atoms with van der Waals surface area (Å²) in [6.07, 6.45) is -0.167. The Morgan fingerprint density at radius 2 is 1.30 bits per heavy atom. The van der Waals surface area contributed by atoms with Crippen molar-refractivity contribution in [3.63, 3.8) is 0 Å². The minimum atomic E-state index is -0.167. The minimum Gasteiger partial charge on any atom is -0.394 e. The number of ketones is 1. The van der Waals surface area contributed by atoms with Crippen LogP contribution in [0.1, 0.15) is 34.6 Å². The zero-order chi connectivity index (χ0) is 8.73. The molecule has 2 heteroatoms. The number of carbonyl (C=O) groups excluding carboxylic acids is 1. The van der Waals surface area contributed by atoms with Crippen LogP contribution in [0.15, 0.2) is 0 Å². The van der Waals surface area contributed by atoms with Gasteiger partial charge in [-0.1, -0.05) is 13.8 Å². The summed E-state index contributed by atoms with van der Waals surface area (Å²) < 4.78 is 0. The van der Waals surface area contributed by atoms with Crippen LogP contribution in [-0.2, 0) is 4.79 Å². The molecule has 0 heterocycles. The third-order valence-corrected chi connectivity index (χ3v) is 0.813. The van der Waals surface area contributed by atoms with E-state index in [1.807, 2.05) is 13.8 Å². The van der Waals surface area contributed by atoms with Crippen LogP contribution in [0, 0.1) is 5.92 Å². The lowest BCUT2D eigenvalue weighted by Crippen LogP contribution is -1.98. The predicted octanol–water partition coefficient (Wildman–Crippen LogP) is 1.62. The first-order valence-electron chi connectivity index (χ1n) is 3.56. The maximum Gasteiger partial charge on any atom is 0.132 e. The summed E-state index contributed by atoms with van der Waals surface area (Å²) in [7, 11) is 0. The molecule has 10 heavy (non-hydrogen) atoms. The summed E-state index contributed by atoms with van der Waals surface area (Å²) in [5, 5.41) is 8.06. The first kappa shape index (κ1) is 12.3. The molecule has 0 spiro atoms. The van der Waals surface area contributed by atoms with Gasteiger partial charge in [0.1, 0.15) is 5.78 Å². The molecule has 0 aliphatic carbocycles. The molecule has 0 aromatic rings. The molecule has 0 saturated heterocycles. The largest absolute Gasteiger partial charge is 0.394 e. The van der Waals surface area contributed by atoms with Gasteiger partial charge in [-0.25, -0.2) is 0 Å². The fourth-order valence-electron chi connectivity index (χ4n) is 0. The molecule has 1 N–H and O–H groups in total. The Balaban J connectivity index is 0. The van der Waals surface area contributed by atoms with Crippen LogP contribution in [0.4, 0.5) is 0 Å². The Bertz CT molecular complexity index is 82.5. The third kappa shape index (κ3) is 25.5. The van der Waals surface area contributed by atoms with Crippen molar-refractivity contribution in [3.05, 3.63) is 0 Å². The monoisotopic (exact) mass is 146 g/mol. The van der Waals surface area contributed by atoms with E-state index in [9.17, 15) is 4.79 Å². The molecule has 0 aliphatic heterocycles. The summed E-state index contributed by atoms with van der Waals surface area (Å²) >= 11 is 0. The van der Waals surface area contributed by atoms with Gasteiger partial charge in [-0.05, 0) is 20.8 Å². The van der Waals surface area contributed by atoms with Gasteiger partial charge in [0.25, 0.3) is 0 Å². The number of Topliss-reactive ketones (excluding diaryl/α,β-unsaturated/α-hetero) is 1. The van der Waals surface area contributed by atoms with Gasteiger partial charge < -0.3 is 5.11 Å². The van der Waals surface area contributed by atoms with Crippen molar-refractivity contribution >= 4 is 5.78 Å². The van der Waals surface area contributed by atoms with Crippen molar-refractivity contribution in [1.82, 2.24) is 0 Å². The number of hydrogen-bond donors (Lipinski definition) is 1. The molecule has 0 aromatic carbocycles. The highest BCUT2D eigenvalue weighted by Gasteiger charge is 1.95. The Kier molecular flexibility index (Phi) is 8.31. The molecule has 0 radical (unpaired) electrons. The second-order valence-electron chi connectivity index (χ2n) is 2.86. The van der Waals surface area contributed by atoms with Crippen molar-refractivity contribution < 1.29 is 9.90 Å². The van der Waals surface area contributed by atoms with Crippen LogP contribution in [0.5, 0.6) is 0 Å². The van der Waals surface area contributed by atoms with Gasteiger partial charge in [-0.3, -0.25) is 4.79 Å². The lowest BCUT2D eigenvalue weighted by molar-refractivity contribution is -0.119. The Morgan fingerprint density at radius 3 is 1.30 bits per heavy atom. The molecule has 0 saturated carbocycles. The summed E-state index contributed by atoms with van der Waals surface area (Å²) in [6, 6.07) is 0. The van der Waals surface area contributed by atoms with Crippen molar-refractivity contribution in [1.29, 1.82) is 0 Å². The Hall–Kier alpha value is -0.370. The van der Waals surface area contributed by atoms with Crippen LogP contribution < -0.4 is 0 Å². The summed E-state index contributed by atoms with van der Waals surface area (Å²) in [5.74, 6) is 0.472. The molecule has 2 nitrogen and oxygen atoms in total. The van der Waals surface area contributed by atoms with Crippen molar-refractivity contribution in [2.45, 2.75) is 40.7 Å². The average molecular weight is 146 g/mol. The van der Waals surface area contributed by atoms with Gasteiger partial charge in [0.15, 0.2) is 0 Å². The van der Waals surface area contributed by atoms with Crippen molar-refractivity contribution in [3.8, 4) is 0 Å². The highest BCUT2D eigenvalue weighted by atomic mass is 16.3. The summed E-state index contributed by atoms with van der Waals surface area (Å²) in [4.78, 5) is 10.1. The van der Waals surface area contributed by atoms with E-state index in [0.717, 1.165) is 0 Å². The molecule has 0 atom stereocenters.